The Balaban J connectivity index is 1.39. The maximum absolute atomic E-state index is 12.1. The first kappa shape index (κ1) is 15.5. The maximum Gasteiger partial charge on any atom is 0.228 e. The van der Waals surface area contributed by atoms with Crippen LogP contribution in [0.5, 0.6) is 0 Å². The van der Waals surface area contributed by atoms with E-state index in [1.165, 1.54) is 0 Å². The topological polar surface area (TPSA) is 76.7 Å². The second-order valence-electron chi connectivity index (χ2n) is 6.29. The summed E-state index contributed by atoms with van der Waals surface area (Å²) in [7, 11) is 0. The molecule has 0 aromatic carbocycles. The summed E-state index contributed by atoms with van der Waals surface area (Å²) in [5, 5.41) is 5.74. The molecule has 0 radical (unpaired) electrons. The van der Waals surface area contributed by atoms with Gasteiger partial charge in [-0.05, 0) is 25.7 Å². The van der Waals surface area contributed by atoms with Gasteiger partial charge in [-0.25, -0.2) is 0 Å². The van der Waals surface area contributed by atoms with Crippen molar-refractivity contribution in [3.8, 4) is 0 Å². The predicted octanol–water partition coefficient (Wildman–Crippen LogP) is 0.379. The first-order chi connectivity index (χ1) is 10.7. The van der Waals surface area contributed by atoms with Gasteiger partial charge < -0.3 is 20.1 Å². The molecular weight excluding hydrogens is 284 g/mol. The molecule has 3 fully saturated rings. The zero-order valence-corrected chi connectivity index (χ0v) is 12.8. The van der Waals surface area contributed by atoms with E-state index in [0.29, 0.717) is 18.7 Å². The second kappa shape index (κ2) is 6.79. The zero-order valence-electron chi connectivity index (χ0n) is 12.8. The fourth-order valence-corrected chi connectivity index (χ4v) is 3.21. The zero-order chi connectivity index (χ0) is 15.5. The van der Waals surface area contributed by atoms with Crippen LogP contribution in [0.4, 0.5) is 0 Å². The van der Waals surface area contributed by atoms with Crippen LogP contribution < -0.4 is 10.6 Å². The molecule has 0 aromatic heterocycles. The average molecular weight is 308 g/mol. The monoisotopic (exact) mass is 308 g/mol. The van der Waals surface area contributed by atoms with E-state index in [9.17, 15) is 9.59 Å². The van der Waals surface area contributed by atoms with Gasteiger partial charge in [-0.3, -0.25) is 9.59 Å². The number of carbonyl (C=O) groups excluding carboxylic acids is 2. The van der Waals surface area contributed by atoms with E-state index in [1.807, 2.05) is 0 Å². The first-order valence-corrected chi connectivity index (χ1v) is 8.14. The fraction of sp³-hybridized carbons (Fsp3) is 0.750. The van der Waals surface area contributed by atoms with Crippen molar-refractivity contribution in [1.29, 1.82) is 0 Å². The lowest BCUT2D eigenvalue weighted by Crippen LogP contribution is -2.36. The Hall–Kier alpha value is -1.40. The number of ether oxygens (including phenoxy) is 2. The van der Waals surface area contributed by atoms with Gasteiger partial charge in [-0.2, -0.15) is 0 Å². The average Bonchev–Trinajstić information content (AvgIpc) is 2.98. The molecule has 22 heavy (non-hydrogen) atoms. The third-order valence-electron chi connectivity index (χ3n) is 4.64. The Bertz CT molecular complexity index is 413. The predicted molar refractivity (Wildman–Crippen MR) is 80.1 cm³/mol. The number of hydrogen-bond donors (Lipinski definition) is 2. The molecule has 2 saturated heterocycles. The fourth-order valence-electron chi connectivity index (χ4n) is 3.21. The van der Waals surface area contributed by atoms with Gasteiger partial charge in [0.15, 0.2) is 0 Å². The van der Waals surface area contributed by atoms with Gasteiger partial charge in [0.1, 0.15) is 0 Å². The standard InChI is InChI=1S/C16H24N2O4/c1-10-13(15(19)17-8-11-4-2-6-21-11)14(10)16(20)18-9-12-5-3-7-22-12/h11-14H,1-9H2,(H,17,19)(H,18,20). The molecule has 0 spiro atoms. The number of rotatable bonds is 6. The van der Waals surface area contributed by atoms with Crippen molar-refractivity contribution in [2.45, 2.75) is 37.9 Å². The molecule has 6 heteroatoms. The Morgan fingerprint density at radius 1 is 0.955 bits per heavy atom. The van der Waals surface area contributed by atoms with Crippen LogP contribution in [0.3, 0.4) is 0 Å². The molecule has 3 rings (SSSR count). The molecule has 6 nitrogen and oxygen atoms in total. The molecule has 4 unspecified atom stereocenters. The number of carbonyl (C=O) groups is 2. The Kier molecular flexibility index (Phi) is 4.78. The molecule has 122 valence electrons. The minimum Gasteiger partial charge on any atom is -0.376 e. The van der Waals surface area contributed by atoms with Gasteiger partial charge in [0.25, 0.3) is 0 Å². The van der Waals surface area contributed by atoms with E-state index in [2.05, 4.69) is 17.2 Å². The highest BCUT2D eigenvalue weighted by Gasteiger charge is 2.52. The summed E-state index contributed by atoms with van der Waals surface area (Å²) in [4.78, 5) is 24.2. The summed E-state index contributed by atoms with van der Waals surface area (Å²) in [6, 6.07) is 0. The number of nitrogens with one attached hydrogen (secondary N) is 2. The smallest absolute Gasteiger partial charge is 0.228 e. The van der Waals surface area contributed by atoms with Gasteiger partial charge in [-0.15, -0.1) is 0 Å². The molecule has 2 amide bonds. The van der Waals surface area contributed by atoms with E-state index < -0.39 is 0 Å². The lowest BCUT2D eigenvalue weighted by molar-refractivity contribution is -0.127. The summed E-state index contributed by atoms with van der Waals surface area (Å²) in [5.74, 6) is -0.993. The first-order valence-electron chi connectivity index (χ1n) is 8.14. The molecule has 2 N–H and O–H groups in total. The summed E-state index contributed by atoms with van der Waals surface area (Å²) in [6.07, 6.45) is 4.29. The van der Waals surface area contributed by atoms with E-state index in [-0.39, 0.29) is 35.9 Å². The number of amides is 2. The maximum atomic E-state index is 12.1. The second-order valence-corrected chi connectivity index (χ2v) is 6.29. The van der Waals surface area contributed by atoms with Crippen LogP contribution in [0.2, 0.25) is 0 Å². The summed E-state index contributed by atoms with van der Waals surface area (Å²) in [5.41, 5.74) is 0.703. The molecule has 0 bridgehead atoms. The highest BCUT2D eigenvalue weighted by molar-refractivity contribution is 5.99. The van der Waals surface area contributed by atoms with Gasteiger partial charge in [0, 0.05) is 26.3 Å². The Morgan fingerprint density at radius 2 is 1.41 bits per heavy atom. The van der Waals surface area contributed by atoms with Crippen molar-refractivity contribution in [1.82, 2.24) is 10.6 Å². The van der Waals surface area contributed by atoms with Crippen molar-refractivity contribution < 1.29 is 19.1 Å². The van der Waals surface area contributed by atoms with Crippen molar-refractivity contribution in [2.75, 3.05) is 26.3 Å². The van der Waals surface area contributed by atoms with Gasteiger partial charge >= 0.3 is 0 Å². The van der Waals surface area contributed by atoms with Crippen LogP contribution in [0.1, 0.15) is 25.7 Å². The minimum absolute atomic E-state index is 0.113. The van der Waals surface area contributed by atoms with Crippen molar-refractivity contribution in [3.63, 3.8) is 0 Å². The molecule has 0 aromatic rings. The van der Waals surface area contributed by atoms with Crippen LogP contribution in [0.15, 0.2) is 12.2 Å². The Morgan fingerprint density at radius 3 is 1.77 bits per heavy atom. The van der Waals surface area contributed by atoms with Gasteiger partial charge in [0.05, 0.1) is 24.0 Å². The lowest BCUT2D eigenvalue weighted by Gasteiger charge is -2.11. The summed E-state index contributed by atoms with van der Waals surface area (Å²) >= 11 is 0. The van der Waals surface area contributed by atoms with E-state index >= 15 is 0 Å². The van der Waals surface area contributed by atoms with Crippen LogP contribution in [-0.2, 0) is 19.1 Å². The molecule has 1 aliphatic carbocycles. The van der Waals surface area contributed by atoms with E-state index in [1.54, 1.807) is 0 Å². The minimum atomic E-state index is -0.383. The van der Waals surface area contributed by atoms with Gasteiger partial charge in [0.2, 0.25) is 11.8 Å². The SMILES string of the molecule is C=C1C(C(=O)NCC2CCCO2)C1C(=O)NCC1CCCO1. The normalized spacial score (nSPS) is 33.7. The third-order valence-corrected chi connectivity index (χ3v) is 4.64. The van der Waals surface area contributed by atoms with E-state index in [0.717, 1.165) is 38.9 Å². The number of hydrogen-bond acceptors (Lipinski definition) is 4. The van der Waals surface area contributed by atoms with Crippen molar-refractivity contribution in [3.05, 3.63) is 12.2 Å². The molecule has 4 atom stereocenters. The van der Waals surface area contributed by atoms with Crippen LogP contribution in [0, 0.1) is 11.8 Å². The Labute approximate surface area is 130 Å². The lowest BCUT2D eigenvalue weighted by atomic mass is 10.2. The van der Waals surface area contributed by atoms with Crippen LogP contribution in [-0.4, -0.2) is 50.3 Å². The van der Waals surface area contributed by atoms with Crippen molar-refractivity contribution in [2.24, 2.45) is 11.8 Å². The third kappa shape index (κ3) is 3.50. The molecule has 3 aliphatic rings. The van der Waals surface area contributed by atoms with Gasteiger partial charge in [-0.1, -0.05) is 12.2 Å². The van der Waals surface area contributed by atoms with Crippen molar-refractivity contribution >= 4 is 11.8 Å². The summed E-state index contributed by atoms with van der Waals surface area (Å²) < 4.78 is 10.9. The highest BCUT2D eigenvalue weighted by atomic mass is 16.5. The highest BCUT2D eigenvalue weighted by Crippen LogP contribution is 2.44. The van der Waals surface area contributed by atoms with E-state index in [4.69, 9.17) is 9.47 Å². The molecular formula is C16H24N2O4. The molecule has 2 heterocycles. The molecule has 1 saturated carbocycles. The largest absolute Gasteiger partial charge is 0.376 e. The summed E-state index contributed by atoms with van der Waals surface area (Å²) in [6.45, 7) is 6.43. The molecule has 2 aliphatic heterocycles. The van der Waals surface area contributed by atoms with Crippen LogP contribution in [0.25, 0.3) is 0 Å². The quantitative estimate of drug-likeness (QED) is 0.696. The van der Waals surface area contributed by atoms with Crippen LogP contribution >= 0.6 is 0 Å².